The number of rotatable bonds is 8. The smallest absolute Gasteiger partial charge is 0.307 e. The summed E-state index contributed by atoms with van der Waals surface area (Å²) in [5, 5.41) is 1.45. The predicted octanol–water partition coefficient (Wildman–Crippen LogP) is 1.97. The number of pyridine rings is 1. The number of hydrazine groups is 1. The molecule has 11 heteroatoms. The zero-order valence-corrected chi connectivity index (χ0v) is 22.0. The molecule has 1 N–H and O–H groups in total. The fraction of sp³-hybridized carbons (Fsp3) is 0.423. The van der Waals surface area contributed by atoms with Crippen molar-refractivity contribution in [3.63, 3.8) is 0 Å². The van der Waals surface area contributed by atoms with Gasteiger partial charge in [0.05, 0.1) is 31.0 Å². The summed E-state index contributed by atoms with van der Waals surface area (Å²) in [6.07, 6.45) is 4.87. The highest BCUT2D eigenvalue weighted by Gasteiger charge is 2.40. The molecule has 1 aromatic heterocycles. The number of piperidine rings is 1. The molecule has 2 aromatic rings. The van der Waals surface area contributed by atoms with Crippen LogP contribution in [0, 0.1) is 6.92 Å². The van der Waals surface area contributed by atoms with E-state index in [9.17, 15) is 18.0 Å². The third-order valence-corrected chi connectivity index (χ3v) is 8.63. The van der Waals surface area contributed by atoms with Gasteiger partial charge in [-0.3, -0.25) is 19.6 Å². The van der Waals surface area contributed by atoms with Crippen molar-refractivity contribution in [2.75, 3.05) is 38.2 Å². The van der Waals surface area contributed by atoms with Crippen LogP contribution in [0.4, 0.5) is 5.69 Å². The van der Waals surface area contributed by atoms with Crippen molar-refractivity contribution in [1.82, 2.24) is 19.7 Å². The highest BCUT2D eigenvalue weighted by atomic mass is 32.2. The minimum Gasteiger partial charge on any atom is -0.469 e. The monoisotopic (exact) mass is 527 g/mol. The summed E-state index contributed by atoms with van der Waals surface area (Å²) in [6.45, 7) is 6.90. The SMILES string of the molecule is C=Cc1ccc(S(=O)(=O)N2CC(=O)N(NC3CCN(c4ccnc(C)c4)CC3)C(CC(=O)OC)C2)cc1. The van der Waals surface area contributed by atoms with Crippen LogP contribution in [0.3, 0.4) is 0 Å². The van der Waals surface area contributed by atoms with Crippen LogP contribution in [0.25, 0.3) is 6.08 Å². The largest absolute Gasteiger partial charge is 0.469 e. The Morgan fingerprint density at radius 2 is 1.92 bits per heavy atom. The second-order valence-electron chi connectivity index (χ2n) is 9.31. The number of aryl methyl sites for hydroxylation is 1. The maximum Gasteiger partial charge on any atom is 0.307 e. The van der Waals surface area contributed by atoms with Crippen LogP contribution in [0.15, 0.2) is 54.1 Å². The molecule has 1 aromatic carbocycles. The minimum absolute atomic E-state index is 0.0119. The number of esters is 1. The van der Waals surface area contributed by atoms with Crippen LogP contribution in [-0.4, -0.2) is 80.0 Å². The van der Waals surface area contributed by atoms with Crippen LogP contribution in [0.1, 0.15) is 30.5 Å². The lowest BCUT2D eigenvalue weighted by molar-refractivity contribution is -0.149. The number of hydrogen-bond acceptors (Lipinski definition) is 8. The Bertz CT molecular complexity index is 1240. The Kier molecular flexibility index (Phi) is 8.25. The number of sulfonamides is 1. The predicted molar refractivity (Wildman–Crippen MR) is 140 cm³/mol. The highest BCUT2D eigenvalue weighted by Crippen LogP contribution is 2.24. The number of carbonyl (C=O) groups excluding carboxylic acids is 2. The number of ether oxygens (including phenoxy) is 1. The molecule has 10 nitrogen and oxygen atoms in total. The maximum absolute atomic E-state index is 13.3. The Morgan fingerprint density at radius 1 is 1.22 bits per heavy atom. The number of piperazine rings is 1. The number of methoxy groups -OCH3 is 1. The van der Waals surface area contributed by atoms with Gasteiger partial charge in [0.25, 0.3) is 5.91 Å². The van der Waals surface area contributed by atoms with Gasteiger partial charge in [0.1, 0.15) is 0 Å². The van der Waals surface area contributed by atoms with Crippen molar-refractivity contribution in [2.45, 2.75) is 43.2 Å². The van der Waals surface area contributed by atoms with E-state index in [1.165, 1.54) is 24.3 Å². The second kappa shape index (κ2) is 11.4. The van der Waals surface area contributed by atoms with Gasteiger partial charge in [-0.2, -0.15) is 4.31 Å². The van der Waals surface area contributed by atoms with E-state index in [-0.39, 0.29) is 30.4 Å². The van der Waals surface area contributed by atoms with Crippen molar-refractivity contribution >= 4 is 33.7 Å². The normalized spacial score (nSPS) is 19.6. The van der Waals surface area contributed by atoms with Gasteiger partial charge in [-0.15, -0.1) is 0 Å². The average molecular weight is 528 g/mol. The van der Waals surface area contributed by atoms with Crippen molar-refractivity contribution in [3.05, 3.63) is 60.4 Å². The van der Waals surface area contributed by atoms with Gasteiger partial charge in [0.2, 0.25) is 10.0 Å². The molecule has 2 saturated heterocycles. The second-order valence-corrected chi connectivity index (χ2v) is 11.3. The molecule has 0 bridgehead atoms. The van der Waals surface area contributed by atoms with E-state index in [0.29, 0.717) is 0 Å². The molecule has 1 unspecified atom stereocenters. The van der Waals surface area contributed by atoms with E-state index in [1.807, 2.05) is 19.1 Å². The fourth-order valence-electron chi connectivity index (χ4n) is 4.72. The van der Waals surface area contributed by atoms with E-state index < -0.39 is 27.9 Å². The third-order valence-electron chi connectivity index (χ3n) is 6.81. The van der Waals surface area contributed by atoms with Crippen LogP contribution < -0.4 is 10.3 Å². The zero-order chi connectivity index (χ0) is 26.6. The molecule has 0 saturated carbocycles. The summed E-state index contributed by atoms with van der Waals surface area (Å²) in [4.78, 5) is 32.0. The summed E-state index contributed by atoms with van der Waals surface area (Å²) in [5.41, 5.74) is 6.16. The molecule has 2 aliphatic rings. The molecular formula is C26H33N5O5S. The highest BCUT2D eigenvalue weighted by molar-refractivity contribution is 7.89. The molecule has 4 rings (SSSR count). The first kappa shape index (κ1) is 26.8. The van der Waals surface area contributed by atoms with E-state index in [2.05, 4.69) is 21.9 Å². The molecule has 2 fully saturated rings. The Labute approximate surface area is 217 Å². The molecule has 1 atom stereocenters. The van der Waals surface area contributed by atoms with Gasteiger partial charge in [-0.05, 0) is 49.6 Å². The van der Waals surface area contributed by atoms with Crippen LogP contribution in [0.5, 0.6) is 0 Å². The quantitative estimate of drug-likeness (QED) is 0.519. The maximum atomic E-state index is 13.3. The lowest BCUT2D eigenvalue weighted by atomic mass is 10.0. The number of aromatic nitrogens is 1. The van der Waals surface area contributed by atoms with Gasteiger partial charge >= 0.3 is 5.97 Å². The van der Waals surface area contributed by atoms with Crippen molar-refractivity contribution in [2.24, 2.45) is 0 Å². The number of benzene rings is 1. The average Bonchev–Trinajstić information content (AvgIpc) is 2.90. The first-order valence-corrected chi connectivity index (χ1v) is 13.7. The van der Waals surface area contributed by atoms with Gasteiger partial charge in [-0.25, -0.2) is 13.8 Å². The number of amides is 1. The van der Waals surface area contributed by atoms with Gasteiger partial charge < -0.3 is 9.64 Å². The summed E-state index contributed by atoms with van der Waals surface area (Å²) in [5.74, 6) is -0.916. The Balaban J connectivity index is 1.46. The van der Waals surface area contributed by atoms with Crippen molar-refractivity contribution < 1.29 is 22.7 Å². The third kappa shape index (κ3) is 6.17. The molecule has 1 amide bonds. The number of hydrogen-bond donors (Lipinski definition) is 1. The van der Waals surface area contributed by atoms with E-state index in [1.54, 1.807) is 24.4 Å². The fourth-order valence-corrected chi connectivity index (χ4v) is 6.15. The Morgan fingerprint density at radius 3 is 2.54 bits per heavy atom. The molecular weight excluding hydrogens is 494 g/mol. The molecule has 0 radical (unpaired) electrons. The lowest BCUT2D eigenvalue weighted by Crippen LogP contribution is -2.64. The number of anilines is 1. The molecule has 198 valence electrons. The topological polar surface area (TPSA) is 112 Å². The van der Waals surface area contributed by atoms with E-state index >= 15 is 0 Å². The number of nitrogens with zero attached hydrogens (tertiary/aromatic N) is 4. The summed E-state index contributed by atoms with van der Waals surface area (Å²) >= 11 is 0. The van der Waals surface area contributed by atoms with Gasteiger partial charge in [0.15, 0.2) is 0 Å². The first-order chi connectivity index (χ1) is 17.7. The first-order valence-electron chi connectivity index (χ1n) is 12.3. The molecule has 0 aliphatic carbocycles. The van der Waals surface area contributed by atoms with E-state index in [0.717, 1.165) is 47.2 Å². The minimum atomic E-state index is -3.93. The standard InChI is InChI=1S/C26H33N5O5S/c1-4-20-5-7-24(8-6-20)37(34,35)30-17-23(16-26(33)36-3)31(25(32)18-30)28-21-10-13-29(14-11-21)22-9-12-27-19(2)15-22/h4-9,12,15,21,23,28H,1,10-11,13-14,16-18H2,2-3H3. The molecule has 2 aliphatic heterocycles. The van der Waals surface area contributed by atoms with E-state index in [4.69, 9.17) is 4.74 Å². The lowest BCUT2D eigenvalue weighted by Gasteiger charge is -2.43. The zero-order valence-electron chi connectivity index (χ0n) is 21.2. The summed E-state index contributed by atoms with van der Waals surface area (Å²) in [6, 6.07) is 9.66. The van der Waals surface area contributed by atoms with Crippen LogP contribution >= 0.6 is 0 Å². The van der Waals surface area contributed by atoms with Crippen molar-refractivity contribution in [3.8, 4) is 0 Å². The molecule has 3 heterocycles. The molecule has 0 spiro atoms. The van der Waals surface area contributed by atoms with Crippen molar-refractivity contribution in [1.29, 1.82) is 0 Å². The van der Waals surface area contributed by atoms with Gasteiger partial charge in [-0.1, -0.05) is 24.8 Å². The summed E-state index contributed by atoms with van der Waals surface area (Å²) in [7, 11) is -2.66. The summed E-state index contributed by atoms with van der Waals surface area (Å²) < 4.78 is 32.6. The Hall–Kier alpha value is -3.28. The van der Waals surface area contributed by atoms with Crippen LogP contribution in [0.2, 0.25) is 0 Å². The van der Waals surface area contributed by atoms with Gasteiger partial charge in [0, 0.05) is 43.3 Å². The number of nitrogens with one attached hydrogen (secondary N) is 1. The van der Waals surface area contributed by atoms with Crippen LogP contribution in [-0.2, 0) is 24.3 Å². The number of carbonyl (C=O) groups is 2. The molecule has 37 heavy (non-hydrogen) atoms.